The summed E-state index contributed by atoms with van der Waals surface area (Å²) in [6.07, 6.45) is 8.65. The Morgan fingerprint density at radius 3 is 3.00 bits per heavy atom. The van der Waals surface area contributed by atoms with Crippen LogP contribution in [0.3, 0.4) is 0 Å². The van der Waals surface area contributed by atoms with E-state index in [0.29, 0.717) is 12.0 Å². The van der Waals surface area contributed by atoms with Crippen LogP contribution in [0.15, 0.2) is 42.9 Å². The number of nitrogens with one attached hydrogen (secondary N) is 1. The van der Waals surface area contributed by atoms with E-state index in [0.717, 1.165) is 36.9 Å². The number of hydrogen-bond acceptors (Lipinski definition) is 4. The van der Waals surface area contributed by atoms with Crippen LogP contribution < -0.4 is 10.1 Å². The molecule has 1 saturated carbocycles. The van der Waals surface area contributed by atoms with Gasteiger partial charge in [0.15, 0.2) is 0 Å². The second-order valence-electron chi connectivity index (χ2n) is 7.29. The Hall–Kier alpha value is -1.94. The molecule has 0 radical (unpaired) electrons. The third kappa shape index (κ3) is 5.53. The first-order chi connectivity index (χ1) is 12.2. The van der Waals surface area contributed by atoms with Crippen molar-refractivity contribution in [3.8, 4) is 5.75 Å². The molecule has 0 bridgehead atoms. The predicted octanol–water partition coefficient (Wildman–Crippen LogP) is 4.15. The van der Waals surface area contributed by atoms with Gasteiger partial charge in [-0.1, -0.05) is 19.1 Å². The Morgan fingerprint density at radius 1 is 1.28 bits per heavy atom. The van der Waals surface area contributed by atoms with Gasteiger partial charge in [-0.2, -0.15) is 0 Å². The van der Waals surface area contributed by atoms with Crippen LogP contribution in [-0.4, -0.2) is 22.6 Å². The quantitative estimate of drug-likeness (QED) is 0.823. The zero-order valence-corrected chi connectivity index (χ0v) is 15.3. The van der Waals surface area contributed by atoms with Crippen molar-refractivity contribution in [2.45, 2.75) is 52.2 Å². The van der Waals surface area contributed by atoms with Crippen LogP contribution in [0.4, 0.5) is 0 Å². The summed E-state index contributed by atoms with van der Waals surface area (Å²) >= 11 is 0. The fraction of sp³-hybridized carbons (Fsp3) is 0.524. The number of aromatic nitrogens is 2. The van der Waals surface area contributed by atoms with E-state index >= 15 is 0 Å². The van der Waals surface area contributed by atoms with Gasteiger partial charge in [0.1, 0.15) is 12.1 Å². The lowest BCUT2D eigenvalue weighted by atomic mass is 9.79. The SMILES string of the molecule is Cc1cccc(OC2CCCC(C(C)CNCc3ccncn3)C2)c1. The van der Waals surface area contributed by atoms with Gasteiger partial charge in [-0.25, -0.2) is 9.97 Å². The first-order valence-corrected chi connectivity index (χ1v) is 9.39. The molecule has 2 aromatic rings. The van der Waals surface area contributed by atoms with Gasteiger partial charge in [-0.3, -0.25) is 0 Å². The Bertz CT molecular complexity index is 647. The first kappa shape index (κ1) is 17.9. The highest BCUT2D eigenvalue weighted by molar-refractivity contribution is 5.27. The van der Waals surface area contributed by atoms with Gasteiger partial charge >= 0.3 is 0 Å². The van der Waals surface area contributed by atoms with E-state index in [2.05, 4.69) is 53.4 Å². The maximum atomic E-state index is 6.25. The fourth-order valence-electron chi connectivity index (χ4n) is 3.70. The highest BCUT2D eigenvalue weighted by Gasteiger charge is 2.27. The minimum Gasteiger partial charge on any atom is -0.490 e. The average Bonchev–Trinajstić information content (AvgIpc) is 2.63. The van der Waals surface area contributed by atoms with Crippen molar-refractivity contribution in [1.29, 1.82) is 0 Å². The van der Waals surface area contributed by atoms with Crippen LogP contribution in [0.25, 0.3) is 0 Å². The Morgan fingerprint density at radius 2 is 2.20 bits per heavy atom. The Kier molecular flexibility index (Phi) is 6.40. The summed E-state index contributed by atoms with van der Waals surface area (Å²) in [6, 6.07) is 10.4. The van der Waals surface area contributed by atoms with Crippen molar-refractivity contribution in [2.75, 3.05) is 6.54 Å². The van der Waals surface area contributed by atoms with Crippen molar-refractivity contribution < 1.29 is 4.74 Å². The molecule has 1 heterocycles. The lowest BCUT2D eigenvalue weighted by molar-refractivity contribution is 0.102. The molecule has 1 fully saturated rings. The van der Waals surface area contributed by atoms with Crippen LogP contribution in [0.5, 0.6) is 5.75 Å². The molecule has 3 rings (SSSR count). The van der Waals surface area contributed by atoms with Gasteiger partial charge in [-0.15, -0.1) is 0 Å². The van der Waals surface area contributed by atoms with Gasteiger partial charge in [0, 0.05) is 12.7 Å². The molecule has 1 aromatic heterocycles. The van der Waals surface area contributed by atoms with Crippen LogP contribution >= 0.6 is 0 Å². The summed E-state index contributed by atoms with van der Waals surface area (Å²) in [5.41, 5.74) is 2.30. The molecule has 3 unspecified atom stereocenters. The summed E-state index contributed by atoms with van der Waals surface area (Å²) < 4.78 is 6.25. The van der Waals surface area contributed by atoms with Crippen molar-refractivity contribution in [2.24, 2.45) is 11.8 Å². The zero-order valence-electron chi connectivity index (χ0n) is 15.3. The predicted molar refractivity (Wildman–Crippen MR) is 100 cm³/mol. The third-order valence-corrected chi connectivity index (χ3v) is 5.18. The lowest BCUT2D eigenvalue weighted by Crippen LogP contribution is -2.33. The summed E-state index contributed by atoms with van der Waals surface area (Å²) in [5, 5.41) is 3.54. The summed E-state index contributed by atoms with van der Waals surface area (Å²) in [4.78, 5) is 8.22. The number of ether oxygens (including phenoxy) is 1. The lowest BCUT2D eigenvalue weighted by Gasteiger charge is -2.33. The molecule has 25 heavy (non-hydrogen) atoms. The normalized spacial score (nSPS) is 21.7. The van der Waals surface area contributed by atoms with Crippen LogP contribution in [0, 0.1) is 18.8 Å². The first-order valence-electron chi connectivity index (χ1n) is 9.39. The van der Waals surface area contributed by atoms with Crippen molar-refractivity contribution in [1.82, 2.24) is 15.3 Å². The average molecular weight is 339 g/mol. The molecule has 1 aliphatic carbocycles. The van der Waals surface area contributed by atoms with Crippen molar-refractivity contribution in [3.63, 3.8) is 0 Å². The number of aryl methyl sites for hydroxylation is 1. The molecule has 3 atom stereocenters. The number of benzene rings is 1. The largest absolute Gasteiger partial charge is 0.490 e. The van der Waals surface area contributed by atoms with E-state index in [1.807, 2.05) is 6.07 Å². The molecule has 4 heteroatoms. The minimum atomic E-state index is 0.352. The monoisotopic (exact) mass is 339 g/mol. The zero-order chi connectivity index (χ0) is 17.5. The van der Waals surface area contributed by atoms with E-state index in [4.69, 9.17) is 4.74 Å². The van der Waals surface area contributed by atoms with E-state index in [9.17, 15) is 0 Å². The minimum absolute atomic E-state index is 0.352. The molecular formula is C21H29N3O. The molecule has 1 N–H and O–H groups in total. The van der Waals surface area contributed by atoms with Crippen LogP contribution in [0.2, 0.25) is 0 Å². The Balaban J connectivity index is 1.45. The fourth-order valence-corrected chi connectivity index (χ4v) is 3.70. The summed E-state index contributed by atoms with van der Waals surface area (Å²) in [7, 11) is 0. The van der Waals surface area contributed by atoms with Gasteiger partial charge in [0.25, 0.3) is 0 Å². The summed E-state index contributed by atoms with van der Waals surface area (Å²) in [6.45, 7) is 6.29. The van der Waals surface area contributed by atoms with E-state index in [-0.39, 0.29) is 0 Å². The van der Waals surface area contributed by atoms with Gasteiger partial charge < -0.3 is 10.1 Å². The number of hydrogen-bond donors (Lipinski definition) is 1. The molecule has 1 aromatic carbocycles. The molecule has 134 valence electrons. The molecule has 0 amide bonds. The van der Waals surface area contributed by atoms with Gasteiger partial charge in [0.05, 0.1) is 11.8 Å². The van der Waals surface area contributed by atoms with E-state index in [1.54, 1.807) is 12.5 Å². The molecular weight excluding hydrogens is 310 g/mol. The highest BCUT2D eigenvalue weighted by Crippen LogP contribution is 2.32. The Labute approximate surface area is 151 Å². The molecule has 1 aliphatic rings. The topological polar surface area (TPSA) is 47.0 Å². The molecule has 0 aliphatic heterocycles. The third-order valence-electron chi connectivity index (χ3n) is 5.18. The van der Waals surface area contributed by atoms with Gasteiger partial charge in [0.2, 0.25) is 0 Å². The second-order valence-corrected chi connectivity index (χ2v) is 7.29. The number of nitrogens with zero attached hydrogens (tertiary/aromatic N) is 2. The van der Waals surface area contributed by atoms with Crippen LogP contribution in [-0.2, 0) is 6.54 Å². The van der Waals surface area contributed by atoms with Crippen molar-refractivity contribution >= 4 is 0 Å². The second kappa shape index (κ2) is 8.95. The molecule has 0 spiro atoms. The summed E-state index contributed by atoms with van der Waals surface area (Å²) in [5.74, 6) is 2.38. The highest BCUT2D eigenvalue weighted by atomic mass is 16.5. The van der Waals surface area contributed by atoms with Gasteiger partial charge in [-0.05, 0) is 74.8 Å². The molecule has 4 nitrogen and oxygen atoms in total. The van der Waals surface area contributed by atoms with Crippen LogP contribution in [0.1, 0.15) is 43.9 Å². The smallest absolute Gasteiger partial charge is 0.119 e. The van der Waals surface area contributed by atoms with E-state index < -0.39 is 0 Å². The molecule has 0 saturated heterocycles. The van der Waals surface area contributed by atoms with E-state index in [1.165, 1.54) is 24.8 Å². The number of rotatable bonds is 7. The standard InChI is InChI=1S/C21H29N3O/c1-16-5-3-7-20(11-16)25-21-8-4-6-18(12-21)17(2)13-23-14-19-9-10-22-15-24-19/h3,5,7,9-11,15,17-18,21,23H,4,6,8,12-14H2,1-2H3. The maximum Gasteiger partial charge on any atom is 0.119 e. The van der Waals surface area contributed by atoms with Crippen molar-refractivity contribution in [3.05, 3.63) is 54.1 Å². The maximum absolute atomic E-state index is 6.25.